The number of rotatable bonds is 6. The maximum absolute atomic E-state index is 12.0. The second-order valence-corrected chi connectivity index (χ2v) is 5.67. The molecule has 1 aromatic carbocycles. The van der Waals surface area contributed by atoms with Crippen LogP contribution >= 0.6 is 11.8 Å². The number of benzene rings is 1. The van der Waals surface area contributed by atoms with Gasteiger partial charge in [0.15, 0.2) is 0 Å². The van der Waals surface area contributed by atoms with Crippen molar-refractivity contribution in [1.29, 1.82) is 0 Å². The Hall–Kier alpha value is -2.02. The van der Waals surface area contributed by atoms with Crippen LogP contribution in [0.5, 0.6) is 0 Å². The summed E-state index contributed by atoms with van der Waals surface area (Å²) >= 11 is 1.25. The van der Waals surface area contributed by atoms with E-state index in [2.05, 4.69) is 32.6 Å². The Morgan fingerprint density at radius 3 is 2.71 bits per heavy atom. The molecule has 21 heavy (non-hydrogen) atoms. The summed E-state index contributed by atoms with van der Waals surface area (Å²) in [5.41, 5.74) is 7.75. The van der Waals surface area contributed by atoms with Crippen molar-refractivity contribution in [3.05, 3.63) is 35.4 Å². The molecule has 0 bridgehead atoms. The van der Waals surface area contributed by atoms with Gasteiger partial charge in [0.2, 0.25) is 17.0 Å². The maximum Gasteiger partial charge on any atom is 0.230 e. The fourth-order valence-corrected chi connectivity index (χ4v) is 2.53. The van der Waals surface area contributed by atoms with Gasteiger partial charge >= 0.3 is 0 Å². The highest BCUT2D eigenvalue weighted by Gasteiger charge is 2.13. The van der Waals surface area contributed by atoms with Crippen LogP contribution < -0.4 is 11.1 Å². The topological polar surface area (TPSA) is 96.7 Å². The molecule has 0 fully saturated rings. The molecule has 6 nitrogen and oxygen atoms in total. The molecule has 0 aliphatic heterocycles. The molecular formula is C14H19N5OS. The van der Waals surface area contributed by atoms with Gasteiger partial charge in [-0.15, -0.1) is 5.10 Å². The molecule has 1 amide bonds. The van der Waals surface area contributed by atoms with Crippen LogP contribution in [0.15, 0.2) is 29.4 Å². The molecule has 0 unspecified atom stereocenters. The summed E-state index contributed by atoms with van der Waals surface area (Å²) in [4.78, 5) is 15.9. The van der Waals surface area contributed by atoms with Gasteiger partial charge in [0.25, 0.3) is 0 Å². The van der Waals surface area contributed by atoms with Gasteiger partial charge in [0, 0.05) is 0 Å². The number of nitrogens with two attached hydrogens (primary N) is 1. The first-order valence-electron chi connectivity index (χ1n) is 6.75. The van der Waals surface area contributed by atoms with E-state index in [-0.39, 0.29) is 23.7 Å². The van der Waals surface area contributed by atoms with Crippen molar-refractivity contribution in [2.75, 3.05) is 11.5 Å². The van der Waals surface area contributed by atoms with E-state index in [1.807, 2.05) is 26.0 Å². The van der Waals surface area contributed by atoms with E-state index in [4.69, 9.17) is 5.73 Å². The molecular weight excluding hydrogens is 286 g/mol. The summed E-state index contributed by atoms with van der Waals surface area (Å²) in [5, 5.41) is 9.92. The number of aryl methyl sites for hydroxylation is 1. The van der Waals surface area contributed by atoms with Crippen LogP contribution in [0.4, 0.5) is 5.95 Å². The Balaban J connectivity index is 1.89. The van der Waals surface area contributed by atoms with Gasteiger partial charge in [-0.05, 0) is 18.9 Å². The lowest BCUT2D eigenvalue weighted by molar-refractivity contribution is -0.119. The smallest absolute Gasteiger partial charge is 0.230 e. The van der Waals surface area contributed by atoms with Crippen LogP contribution in [0.3, 0.4) is 0 Å². The number of carbonyl (C=O) groups excluding carboxylic acids is 1. The third-order valence-corrected chi connectivity index (χ3v) is 3.89. The summed E-state index contributed by atoms with van der Waals surface area (Å²) in [7, 11) is 0. The molecule has 0 aliphatic carbocycles. The lowest BCUT2D eigenvalue weighted by Gasteiger charge is -2.17. The lowest BCUT2D eigenvalue weighted by Crippen LogP contribution is -2.29. The second-order valence-electron chi connectivity index (χ2n) is 4.73. The summed E-state index contributed by atoms with van der Waals surface area (Å²) in [6.45, 7) is 4.09. The molecule has 2 rings (SSSR count). The van der Waals surface area contributed by atoms with Gasteiger partial charge < -0.3 is 11.1 Å². The number of aromatic amines is 1. The quantitative estimate of drug-likeness (QED) is 0.710. The van der Waals surface area contributed by atoms with E-state index in [1.165, 1.54) is 17.3 Å². The zero-order chi connectivity index (χ0) is 15.2. The van der Waals surface area contributed by atoms with Crippen LogP contribution in [-0.4, -0.2) is 26.8 Å². The third-order valence-electron chi connectivity index (χ3n) is 3.04. The van der Waals surface area contributed by atoms with E-state index in [1.54, 1.807) is 0 Å². The number of amides is 1. The number of aromatic nitrogens is 3. The Morgan fingerprint density at radius 1 is 1.43 bits per heavy atom. The highest BCUT2D eigenvalue weighted by Crippen LogP contribution is 2.18. The maximum atomic E-state index is 12.0. The molecule has 0 saturated heterocycles. The highest BCUT2D eigenvalue weighted by atomic mass is 32.2. The van der Waals surface area contributed by atoms with Crippen LogP contribution in [-0.2, 0) is 4.79 Å². The fourth-order valence-electron chi connectivity index (χ4n) is 1.91. The van der Waals surface area contributed by atoms with Crippen LogP contribution in [0.2, 0.25) is 0 Å². The predicted molar refractivity (Wildman–Crippen MR) is 83.9 cm³/mol. The first kappa shape index (κ1) is 15.4. The van der Waals surface area contributed by atoms with Crippen molar-refractivity contribution < 1.29 is 4.79 Å². The predicted octanol–water partition coefficient (Wildman–Crippen LogP) is 2.05. The molecule has 112 valence electrons. The van der Waals surface area contributed by atoms with Crippen molar-refractivity contribution >= 4 is 23.6 Å². The Labute approximate surface area is 127 Å². The van der Waals surface area contributed by atoms with Crippen molar-refractivity contribution in [2.24, 2.45) is 0 Å². The Bertz CT molecular complexity index is 596. The van der Waals surface area contributed by atoms with Gasteiger partial charge in [-0.2, -0.15) is 4.98 Å². The molecule has 0 aliphatic rings. The van der Waals surface area contributed by atoms with E-state index >= 15 is 0 Å². The normalized spacial score (nSPS) is 12.1. The standard InChI is InChI=1S/C14H19N5OS/c1-3-11(10-6-4-9(2)5-7-10)16-12(20)8-21-14-17-13(15)18-19-14/h4-7,11H,3,8H2,1-2H3,(H,16,20)(H3,15,17,18,19)/t11-/m1/s1. The van der Waals surface area contributed by atoms with Crippen molar-refractivity contribution in [3.63, 3.8) is 0 Å². The molecule has 4 N–H and O–H groups in total. The largest absolute Gasteiger partial charge is 0.368 e. The van der Waals surface area contributed by atoms with Crippen LogP contribution in [0.25, 0.3) is 0 Å². The zero-order valence-corrected chi connectivity index (χ0v) is 12.9. The van der Waals surface area contributed by atoms with Gasteiger partial charge in [0.05, 0.1) is 11.8 Å². The first-order chi connectivity index (χ1) is 10.1. The van der Waals surface area contributed by atoms with Gasteiger partial charge in [-0.3, -0.25) is 4.79 Å². The number of nitrogens with one attached hydrogen (secondary N) is 2. The number of carbonyl (C=O) groups is 1. The van der Waals surface area contributed by atoms with E-state index in [0.29, 0.717) is 5.16 Å². The molecule has 0 saturated carbocycles. The SMILES string of the molecule is CC[C@@H](NC(=O)CSc1n[nH]c(N)n1)c1ccc(C)cc1. The molecule has 1 heterocycles. The van der Waals surface area contributed by atoms with Gasteiger partial charge in [0.1, 0.15) is 0 Å². The molecule has 0 spiro atoms. The Kier molecular flexibility index (Phi) is 5.21. The van der Waals surface area contributed by atoms with E-state index < -0.39 is 0 Å². The molecule has 1 aromatic heterocycles. The monoisotopic (exact) mass is 305 g/mol. The number of nitrogen functional groups attached to an aromatic ring is 1. The van der Waals surface area contributed by atoms with Crippen molar-refractivity contribution in [1.82, 2.24) is 20.5 Å². The number of hydrogen-bond acceptors (Lipinski definition) is 5. The third kappa shape index (κ3) is 4.49. The fraction of sp³-hybridized carbons (Fsp3) is 0.357. The zero-order valence-electron chi connectivity index (χ0n) is 12.1. The highest BCUT2D eigenvalue weighted by molar-refractivity contribution is 7.99. The summed E-state index contributed by atoms with van der Waals surface area (Å²) in [6.07, 6.45) is 0.840. The van der Waals surface area contributed by atoms with Crippen LogP contribution in [0, 0.1) is 6.92 Å². The molecule has 7 heteroatoms. The number of anilines is 1. The average molecular weight is 305 g/mol. The summed E-state index contributed by atoms with van der Waals surface area (Å²) < 4.78 is 0. The van der Waals surface area contributed by atoms with Crippen molar-refractivity contribution in [2.45, 2.75) is 31.5 Å². The average Bonchev–Trinajstić information content (AvgIpc) is 2.89. The number of hydrogen-bond donors (Lipinski definition) is 3. The van der Waals surface area contributed by atoms with Crippen LogP contribution in [0.1, 0.15) is 30.5 Å². The number of thioether (sulfide) groups is 1. The van der Waals surface area contributed by atoms with Gasteiger partial charge in [-0.1, -0.05) is 48.5 Å². The minimum Gasteiger partial charge on any atom is -0.368 e. The second kappa shape index (κ2) is 7.12. The minimum absolute atomic E-state index is 0.0240. The summed E-state index contributed by atoms with van der Waals surface area (Å²) in [6, 6.07) is 8.22. The van der Waals surface area contributed by atoms with Crippen molar-refractivity contribution in [3.8, 4) is 0 Å². The minimum atomic E-state index is -0.0456. The van der Waals surface area contributed by atoms with E-state index in [9.17, 15) is 4.79 Å². The molecule has 0 radical (unpaired) electrons. The summed E-state index contributed by atoms with van der Waals surface area (Å²) in [5.74, 6) is 0.472. The first-order valence-corrected chi connectivity index (χ1v) is 7.73. The molecule has 1 atom stereocenters. The van der Waals surface area contributed by atoms with Gasteiger partial charge in [-0.25, -0.2) is 5.10 Å². The molecule has 2 aromatic rings. The Morgan fingerprint density at radius 2 is 2.14 bits per heavy atom. The van der Waals surface area contributed by atoms with E-state index in [0.717, 1.165) is 12.0 Å². The number of nitrogens with zero attached hydrogens (tertiary/aromatic N) is 2. The number of H-pyrrole nitrogens is 1. The lowest BCUT2D eigenvalue weighted by atomic mass is 10.0.